The van der Waals surface area contributed by atoms with E-state index < -0.39 is 5.97 Å². The van der Waals surface area contributed by atoms with Crippen LogP contribution < -0.4 is 16.4 Å². The smallest absolute Gasteiger partial charge is 0.300 e. The second-order valence-corrected chi connectivity index (χ2v) is 4.88. The van der Waals surface area contributed by atoms with Gasteiger partial charge in [-0.3, -0.25) is 4.79 Å². The molecule has 8 nitrogen and oxygen atoms in total. The van der Waals surface area contributed by atoms with Crippen molar-refractivity contribution in [3.8, 4) is 0 Å². The van der Waals surface area contributed by atoms with Crippen molar-refractivity contribution in [2.24, 2.45) is 21.7 Å². The highest BCUT2D eigenvalue weighted by Gasteiger charge is 2.10. The average Bonchev–Trinajstić information content (AvgIpc) is 2.53. The van der Waals surface area contributed by atoms with Crippen molar-refractivity contribution in [1.29, 1.82) is 0 Å². The normalized spacial score (nSPS) is 14.5. The van der Waals surface area contributed by atoms with Crippen molar-refractivity contribution in [2.75, 3.05) is 31.2 Å². The Bertz CT molecular complexity index is 555. The maximum Gasteiger partial charge on any atom is 0.300 e. The molecular weight excluding hydrogens is 298 g/mol. The van der Waals surface area contributed by atoms with Crippen LogP contribution in [0.4, 0.5) is 5.69 Å². The van der Waals surface area contributed by atoms with Gasteiger partial charge in [0, 0.05) is 25.7 Å². The number of benzene rings is 1. The summed E-state index contributed by atoms with van der Waals surface area (Å²) >= 11 is 0. The molecule has 126 valence electrons. The van der Waals surface area contributed by atoms with E-state index in [9.17, 15) is 0 Å². The zero-order valence-electron chi connectivity index (χ0n) is 13.4. The standard InChI is InChI=1S/C13H19N5O.C2H4O2/c1-10(16-17-13(14)15)11-2-4-12(5-3-11)18-6-8-19-9-7-18;1-2(3)4/h2-5H,6-9H2,1H3,(H4,14,15,17);1H3,(H,3,4)/b16-10+;. The number of anilines is 1. The zero-order chi connectivity index (χ0) is 17.2. The summed E-state index contributed by atoms with van der Waals surface area (Å²) in [6.07, 6.45) is 0. The van der Waals surface area contributed by atoms with Crippen LogP contribution in [-0.2, 0) is 9.53 Å². The van der Waals surface area contributed by atoms with E-state index in [2.05, 4.69) is 27.2 Å². The van der Waals surface area contributed by atoms with E-state index >= 15 is 0 Å². The summed E-state index contributed by atoms with van der Waals surface area (Å²) in [5.74, 6) is -0.871. The van der Waals surface area contributed by atoms with Crippen molar-refractivity contribution in [1.82, 2.24) is 0 Å². The molecule has 0 spiro atoms. The van der Waals surface area contributed by atoms with Gasteiger partial charge >= 0.3 is 0 Å². The Morgan fingerprint density at radius 3 is 2.13 bits per heavy atom. The molecule has 1 saturated heterocycles. The SMILES string of the molecule is C/C(=N\N=C(N)N)c1ccc(N2CCOCC2)cc1.CC(=O)O. The lowest BCUT2D eigenvalue weighted by Crippen LogP contribution is -2.36. The molecule has 0 unspecified atom stereocenters. The number of carbonyl (C=O) groups is 1. The van der Waals surface area contributed by atoms with E-state index in [-0.39, 0.29) is 5.96 Å². The van der Waals surface area contributed by atoms with Crippen LogP contribution in [-0.4, -0.2) is 49.1 Å². The van der Waals surface area contributed by atoms with E-state index in [0.717, 1.165) is 44.5 Å². The summed E-state index contributed by atoms with van der Waals surface area (Å²) in [6, 6.07) is 8.20. The summed E-state index contributed by atoms with van der Waals surface area (Å²) in [5, 5.41) is 15.0. The molecule has 0 bridgehead atoms. The molecule has 0 atom stereocenters. The van der Waals surface area contributed by atoms with Crippen LogP contribution in [0, 0.1) is 0 Å². The lowest BCUT2D eigenvalue weighted by Gasteiger charge is -2.28. The summed E-state index contributed by atoms with van der Waals surface area (Å²) in [7, 11) is 0. The molecule has 0 saturated carbocycles. The molecule has 1 fully saturated rings. The Morgan fingerprint density at radius 1 is 1.13 bits per heavy atom. The van der Waals surface area contributed by atoms with Gasteiger partial charge in [-0.05, 0) is 24.6 Å². The highest BCUT2D eigenvalue weighted by molar-refractivity contribution is 5.99. The summed E-state index contributed by atoms with van der Waals surface area (Å²) in [5.41, 5.74) is 13.5. The first kappa shape index (κ1) is 18.4. The lowest BCUT2D eigenvalue weighted by atomic mass is 10.1. The van der Waals surface area contributed by atoms with Gasteiger partial charge in [0.05, 0.1) is 18.9 Å². The third-order valence-corrected chi connectivity index (χ3v) is 2.98. The third kappa shape index (κ3) is 7.28. The Labute approximate surface area is 135 Å². The molecule has 0 amide bonds. The predicted molar refractivity (Wildman–Crippen MR) is 90.8 cm³/mol. The fourth-order valence-electron chi connectivity index (χ4n) is 1.93. The average molecular weight is 321 g/mol. The molecule has 0 aliphatic carbocycles. The molecule has 1 aliphatic heterocycles. The summed E-state index contributed by atoms with van der Waals surface area (Å²) < 4.78 is 5.34. The molecule has 1 aliphatic rings. The second kappa shape index (κ2) is 9.42. The van der Waals surface area contributed by atoms with Crippen LogP contribution in [0.25, 0.3) is 0 Å². The molecule has 0 aromatic heterocycles. The zero-order valence-corrected chi connectivity index (χ0v) is 13.4. The van der Waals surface area contributed by atoms with Gasteiger partial charge in [-0.1, -0.05) is 12.1 Å². The van der Waals surface area contributed by atoms with Gasteiger partial charge in [-0.25, -0.2) is 0 Å². The number of hydrogen-bond acceptors (Lipinski definition) is 5. The van der Waals surface area contributed by atoms with Crippen LogP contribution in [0.3, 0.4) is 0 Å². The van der Waals surface area contributed by atoms with Gasteiger partial charge in [0.2, 0.25) is 5.96 Å². The Balaban J connectivity index is 0.000000593. The van der Waals surface area contributed by atoms with Crippen molar-refractivity contribution in [2.45, 2.75) is 13.8 Å². The Morgan fingerprint density at radius 2 is 1.65 bits per heavy atom. The van der Waals surface area contributed by atoms with E-state index in [1.807, 2.05) is 19.1 Å². The predicted octanol–water partition coefficient (Wildman–Crippen LogP) is 0.612. The number of nitrogens with zero attached hydrogens (tertiary/aromatic N) is 3. The fraction of sp³-hybridized carbons (Fsp3) is 0.400. The first-order valence-electron chi connectivity index (χ1n) is 7.16. The molecule has 8 heteroatoms. The number of rotatable bonds is 3. The molecular formula is C15H23N5O3. The molecule has 1 aromatic rings. The van der Waals surface area contributed by atoms with Gasteiger partial charge in [-0.2, -0.15) is 5.10 Å². The van der Waals surface area contributed by atoms with Crippen molar-refractivity contribution >= 4 is 23.3 Å². The number of guanidine groups is 1. The number of nitrogens with two attached hydrogens (primary N) is 2. The molecule has 1 aromatic carbocycles. The minimum atomic E-state index is -0.833. The van der Waals surface area contributed by atoms with Crippen LogP contribution in [0.1, 0.15) is 19.4 Å². The van der Waals surface area contributed by atoms with Gasteiger partial charge < -0.3 is 26.2 Å². The van der Waals surface area contributed by atoms with E-state index in [1.54, 1.807) is 0 Å². The highest BCUT2D eigenvalue weighted by atomic mass is 16.5. The Hall–Kier alpha value is -2.61. The fourth-order valence-corrected chi connectivity index (χ4v) is 1.93. The number of carboxylic acids is 1. The molecule has 23 heavy (non-hydrogen) atoms. The quantitative estimate of drug-likeness (QED) is 0.425. The van der Waals surface area contributed by atoms with Crippen LogP contribution in [0.2, 0.25) is 0 Å². The number of carboxylic acid groups (broad SMARTS) is 1. The minimum Gasteiger partial charge on any atom is -0.481 e. The van der Waals surface area contributed by atoms with Gasteiger partial charge in [-0.15, -0.1) is 5.10 Å². The summed E-state index contributed by atoms with van der Waals surface area (Å²) in [6.45, 7) is 6.39. The minimum absolute atomic E-state index is 0.0377. The topological polar surface area (TPSA) is 127 Å². The number of aliphatic carboxylic acids is 1. The van der Waals surface area contributed by atoms with Crippen molar-refractivity contribution in [3.63, 3.8) is 0 Å². The van der Waals surface area contributed by atoms with E-state index in [1.165, 1.54) is 5.69 Å². The van der Waals surface area contributed by atoms with Crippen LogP contribution in [0.15, 0.2) is 34.5 Å². The Kier molecular flexibility index (Phi) is 7.55. The highest BCUT2D eigenvalue weighted by Crippen LogP contribution is 2.17. The first-order valence-corrected chi connectivity index (χ1v) is 7.16. The molecule has 2 rings (SSSR count). The largest absolute Gasteiger partial charge is 0.481 e. The molecule has 5 N–H and O–H groups in total. The van der Waals surface area contributed by atoms with Gasteiger partial charge in [0.1, 0.15) is 0 Å². The first-order chi connectivity index (χ1) is 10.9. The second-order valence-electron chi connectivity index (χ2n) is 4.88. The van der Waals surface area contributed by atoms with Gasteiger partial charge in [0.15, 0.2) is 0 Å². The van der Waals surface area contributed by atoms with E-state index in [0.29, 0.717) is 0 Å². The van der Waals surface area contributed by atoms with Crippen molar-refractivity contribution in [3.05, 3.63) is 29.8 Å². The summed E-state index contributed by atoms with van der Waals surface area (Å²) in [4.78, 5) is 11.3. The third-order valence-electron chi connectivity index (χ3n) is 2.98. The maximum atomic E-state index is 9.00. The maximum absolute atomic E-state index is 9.00. The van der Waals surface area contributed by atoms with Crippen LogP contribution >= 0.6 is 0 Å². The monoisotopic (exact) mass is 321 g/mol. The van der Waals surface area contributed by atoms with Gasteiger partial charge in [0.25, 0.3) is 5.97 Å². The van der Waals surface area contributed by atoms with E-state index in [4.69, 9.17) is 26.1 Å². The number of morpholine rings is 1. The van der Waals surface area contributed by atoms with Crippen molar-refractivity contribution < 1.29 is 14.6 Å². The number of ether oxygens (including phenoxy) is 1. The number of hydrogen-bond donors (Lipinski definition) is 3. The molecule has 1 heterocycles. The van der Waals surface area contributed by atoms with Crippen LogP contribution in [0.5, 0.6) is 0 Å². The lowest BCUT2D eigenvalue weighted by molar-refractivity contribution is -0.134. The molecule has 0 radical (unpaired) electrons.